The van der Waals surface area contributed by atoms with Crippen molar-refractivity contribution >= 4 is 22.6 Å². The molecule has 0 N–H and O–H groups in total. The van der Waals surface area contributed by atoms with Gasteiger partial charge in [0.15, 0.2) is 16.3 Å². The van der Waals surface area contributed by atoms with Crippen molar-refractivity contribution < 1.29 is 39.5 Å². The molecule has 0 fully saturated rings. The van der Waals surface area contributed by atoms with Crippen molar-refractivity contribution in [2.75, 3.05) is 6.67 Å². The fourth-order valence-corrected chi connectivity index (χ4v) is 1.09. The van der Waals surface area contributed by atoms with E-state index in [0.29, 0.717) is 0 Å². The van der Waals surface area contributed by atoms with Crippen LogP contribution in [0.1, 0.15) is 0 Å². The lowest BCUT2D eigenvalue weighted by molar-refractivity contribution is -0.294. The summed E-state index contributed by atoms with van der Waals surface area (Å²) in [6, 6.07) is 0. The van der Waals surface area contributed by atoms with Gasteiger partial charge in [-0.1, -0.05) is 0 Å². The van der Waals surface area contributed by atoms with Crippen LogP contribution in [0.2, 0.25) is 0 Å². The molecular weight excluding hydrogens is 370 g/mol. The maximum atomic E-state index is 12.9. The van der Waals surface area contributed by atoms with Crippen LogP contribution in [0.15, 0.2) is 9.66 Å². The second-order valence-electron chi connectivity index (χ2n) is 2.57. The summed E-state index contributed by atoms with van der Waals surface area (Å²) in [6.45, 7) is -3.12. The maximum absolute atomic E-state index is 12.9. The number of halogens is 10. The van der Waals surface area contributed by atoms with Crippen LogP contribution in [0.3, 0.4) is 0 Å². The predicted octanol–water partition coefficient (Wildman–Crippen LogP) is 4.40. The summed E-state index contributed by atoms with van der Waals surface area (Å²) >= 11 is 0.232. The van der Waals surface area contributed by atoms with Crippen LogP contribution in [0.25, 0.3) is 0 Å². The van der Waals surface area contributed by atoms with Crippen LogP contribution in [0.5, 0.6) is 0 Å². The number of allylic oxidation sites excluding steroid dienone is 1. The van der Waals surface area contributed by atoms with E-state index in [4.69, 9.17) is 0 Å². The molecule has 0 amide bonds. The Balaban J connectivity index is 5.87. The Hall–Kier alpha value is -0.160. The minimum atomic E-state index is -6.49. The highest BCUT2D eigenvalue weighted by Gasteiger charge is 2.75. The molecular formula is C6H2F9I. The summed E-state index contributed by atoms with van der Waals surface area (Å²) in [4.78, 5) is 0. The van der Waals surface area contributed by atoms with Crippen molar-refractivity contribution in [3.63, 3.8) is 0 Å². The third-order valence-corrected chi connectivity index (χ3v) is 2.00. The van der Waals surface area contributed by atoms with Gasteiger partial charge in [-0.25, -0.2) is 13.2 Å². The first-order valence-corrected chi connectivity index (χ1v) is 4.40. The summed E-state index contributed by atoms with van der Waals surface area (Å²) in [7, 11) is 0. The van der Waals surface area contributed by atoms with Crippen LogP contribution in [0, 0.1) is 0 Å². The summed E-state index contributed by atoms with van der Waals surface area (Å²) in [5.74, 6) is -9.15. The summed E-state index contributed by atoms with van der Waals surface area (Å²) in [5.41, 5.74) is -6.01. The average Bonchev–Trinajstić information content (AvgIpc) is 2.13. The lowest BCUT2D eigenvalue weighted by Gasteiger charge is -2.31. The Labute approximate surface area is 96.6 Å². The molecule has 0 radical (unpaired) electrons. The molecule has 0 nitrogen and oxygen atoms in total. The van der Waals surface area contributed by atoms with Crippen LogP contribution < -0.4 is 0 Å². The van der Waals surface area contributed by atoms with Crippen molar-refractivity contribution in [2.45, 2.75) is 17.8 Å². The lowest BCUT2D eigenvalue weighted by atomic mass is 9.96. The first-order chi connectivity index (χ1) is 6.91. The Morgan fingerprint density at radius 1 is 0.938 bits per heavy atom. The van der Waals surface area contributed by atoms with Gasteiger partial charge in [0.05, 0.1) is 0 Å². The summed E-state index contributed by atoms with van der Waals surface area (Å²) in [6.07, 6.45) is -6.49. The highest BCUT2D eigenvalue weighted by atomic mass is 127. The Morgan fingerprint density at radius 2 is 1.31 bits per heavy atom. The molecule has 0 aliphatic carbocycles. The molecule has 1 unspecified atom stereocenters. The normalized spacial score (nSPS) is 19.1. The molecule has 0 aromatic heterocycles. The quantitative estimate of drug-likeness (QED) is 0.509. The summed E-state index contributed by atoms with van der Waals surface area (Å²) < 4.78 is 107. The molecule has 1 atom stereocenters. The molecule has 0 bridgehead atoms. The topological polar surface area (TPSA) is 0 Å². The number of hydrogen-bond acceptors (Lipinski definition) is 0. The fourth-order valence-electron chi connectivity index (χ4n) is 0.715. The van der Waals surface area contributed by atoms with Gasteiger partial charge in [-0.15, -0.1) is 0 Å². The second-order valence-corrected chi connectivity index (χ2v) is 3.52. The van der Waals surface area contributed by atoms with Crippen molar-refractivity contribution in [2.24, 2.45) is 0 Å². The Kier molecular flexibility index (Phi) is 4.56. The highest BCUT2D eigenvalue weighted by molar-refractivity contribution is 14.1. The van der Waals surface area contributed by atoms with Crippen LogP contribution in [-0.2, 0) is 0 Å². The van der Waals surface area contributed by atoms with E-state index < -0.39 is 34.1 Å². The van der Waals surface area contributed by atoms with Crippen molar-refractivity contribution in [3.05, 3.63) is 9.66 Å². The van der Waals surface area contributed by atoms with Crippen molar-refractivity contribution in [1.29, 1.82) is 0 Å². The van der Waals surface area contributed by atoms with Gasteiger partial charge in [-0.2, -0.15) is 26.3 Å². The largest absolute Gasteiger partial charge is 0.435 e. The van der Waals surface area contributed by atoms with E-state index in [9.17, 15) is 39.5 Å². The van der Waals surface area contributed by atoms with E-state index in [2.05, 4.69) is 0 Å². The molecule has 96 valence electrons. The third kappa shape index (κ3) is 2.40. The molecule has 0 heterocycles. The fraction of sp³-hybridized carbons (Fsp3) is 0.667. The van der Waals surface area contributed by atoms with Crippen molar-refractivity contribution in [1.82, 2.24) is 0 Å². The van der Waals surface area contributed by atoms with Gasteiger partial charge in [-0.3, -0.25) is 0 Å². The Bertz CT molecular complexity index is 289. The van der Waals surface area contributed by atoms with E-state index in [1.165, 1.54) is 0 Å². The molecule has 0 rings (SSSR count). The molecule has 0 spiro atoms. The molecule has 0 aliphatic rings. The molecule has 0 aliphatic heterocycles. The molecule has 16 heavy (non-hydrogen) atoms. The SMILES string of the molecule is FCC(F)(F)C(F)(/C(F)=C(\F)I)C(F)(F)F. The third-order valence-electron chi connectivity index (χ3n) is 1.53. The van der Waals surface area contributed by atoms with Gasteiger partial charge in [-0.05, 0) is 22.6 Å². The zero-order valence-corrected chi connectivity index (χ0v) is 9.14. The van der Waals surface area contributed by atoms with Gasteiger partial charge in [0.1, 0.15) is 0 Å². The minimum absolute atomic E-state index is 0.232. The number of alkyl halides is 7. The van der Waals surface area contributed by atoms with E-state index >= 15 is 0 Å². The maximum Gasteiger partial charge on any atom is 0.435 e. The van der Waals surface area contributed by atoms with Crippen molar-refractivity contribution in [3.8, 4) is 0 Å². The molecule has 0 saturated heterocycles. The highest BCUT2D eigenvalue weighted by Crippen LogP contribution is 2.52. The molecule has 0 aromatic rings. The zero-order valence-electron chi connectivity index (χ0n) is 6.99. The van der Waals surface area contributed by atoms with Gasteiger partial charge >= 0.3 is 17.8 Å². The van der Waals surface area contributed by atoms with Gasteiger partial charge in [0, 0.05) is 0 Å². The van der Waals surface area contributed by atoms with Gasteiger partial charge in [0.25, 0.3) is 0 Å². The Morgan fingerprint density at radius 3 is 1.50 bits per heavy atom. The van der Waals surface area contributed by atoms with Crippen LogP contribution in [0.4, 0.5) is 39.5 Å². The average molecular weight is 372 g/mol. The van der Waals surface area contributed by atoms with Crippen LogP contribution >= 0.6 is 22.6 Å². The monoisotopic (exact) mass is 372 g/mol. The van der Waals surface area contributed by atoms with Gasteiger partial charge in [0.2, 0.25) is 0 Å². The van der Waals surface area contributed by atoms with Crippen LogP contribution in [-0.4, -0.2) is 24.4 Å². The summed E-state index contributed by atoms with van der Waals surface area (Å²) in [5, 5.41) is 0. The zero-order chi connectivity index (χ0) is 13.4. The molecule has 0 aromatic carbocycles. The predicted molar refractivity (Wildman–Crippen MR) is 44.1 cm³/mol. The number of hydrogen-bond donors (Lipinski definition) is 0. The van der Waals surface area contributed by atoms with E-state index in [1.54, 1.807) is 0 Å². The first kappa shape index (κ1) is 15.8. The van der Waals surface area contributed by atoms with E-state index in [1.807, 2.05) is 0 Å². The smallest absolute Gasteiger partial charge is 0.244 e. The van der Waals surface area contributed by atoms with E-state index in [-0.39, 0.29) is 22.6 Å². The first-order valence-electron chi connectivity index (χ1n) is 3.32. The second kappa shape index (κ2) is 4.61. The molecule has 10 heteroatoms. The lowest BCUT2D eigenvalue weighted by Crippen LogP contribution is -2.57. The van der Waals surface area contributed by atoms with E-state index in [0.717, 1.165) is 0 Å². The molecule has 0 saturated carbocycles. The minimum Gasteiger partial charge on any atom is -0.244 e. The van der Waals surface area contributed by atoms with Gasteiger partial charge < -0.3 is 0 Å². The standard InChI is InChI=1S/C6H2F9I/c7-1-4(10,11)5(12,6(13,14)15)2(8)3(9)16/h1H2/b3-2-. The number of rotatable bonds is 3.